The highest BCUT2D eigenvalue weighted by Crippen LogP contribution is 2.23. The van der Waals surface area contributed by atoms with Crippen molar-refractivity contribution in [1.82, 2.24) is 9.97 Å². The predicted molar refractivity (Wildman–Crippen MR) is 112 cm³/mol. The first-order chi connectivity index (χ1) is 13.6. The number of benzene rings is 2. The van der Waals surface area contributed by atoms with E-state index >= 15 is 0 Å². The Balaban J connectivity index is 1.72. The van der Waals surface area contributed by atoms with Crippen LogP contribution in [-0.4, -0.2) is 22.7 Å². The van der Waals surface area contributed by atoms with E-state index in [-0.39, 0.29) is 0 Å². The summed E-state index contributed by atoms with van der Waals surface area (Å²) in [6.07, 6.45) is 1.39. The van der Waals surface area contributed by atoms with Crippen LogP contribution < -0.4 is 10.6 Å². The standard InChI is InChI=1S/C22H24N4O2/c1-3-4-13-28-22(27)26-19-12-8-11-18(14-19)25-21-15-20(23-16(2)24-21)17-9-6-5-7-10-17/h5-12,14-15H,3-4,13H2,1-2H3,(H,26,27)(H,23,24,25). The Morgan fingerprint density at radius 1 is 1.00 bits per heavy atom. The summed E-state index contributed by atoms with van der Waals surface area (Å²) in [7, 11) is 0. The molecule has 0 saturated heterocycles. The summed E-state index contributed by atoms with van der Waals surface area (Å²) in [5, 5.41) is 6.02. The van der Waals surface area contributed by atoms with Gasteiger partial charge in [0.25, 0.3) is 0 Å². The molecule has 0 fully saturated rings. The number of ether oxygens (including phenoxy) is 1. The number of carbonyl (C=O) groups is 1. The first-order valence-corrected chi connectivity index (χ1v) is 9.36. The predicted octanol–water partition coefficient (Wildman–Crippen LogP) is 5.54. The molecule has 28 heavy (non-hydrogen) atoms. The van der Waals surface area contributed by atoms with E-state index in [1.165, 1.54) is 0 Å². The number of hydrogen-bond acceptors (Lipinski definition) is 5. The molecule has 2 N–H and O–H groups in total. The van der Waals surface area contributed by atoms with Gasteiger partial charge in [0, 0.05) is 23.0 Å². The van der Waals surface area contributed by atoms with Crippen molar-refractivity contribution in [1.29, 1.82) is 0 Å². The van der Waals surface area contributed by atoms with Gasteiger partial charge in [-0.2, -0.15) is 0 Å². The average Bonchev–Trinajstić information content (AvgIpc) is 2.69. The fourth-order valence-electron chi connectivity index (χ4n) is 2.67. The molecule has 0 bridgehead atoms. The van der Waals surface area contributed by atoms with Gasteiger partial charge in [0.1, 0.15) is 11.6 Å². The topological polar surface area (TPSA) is 76.1 Å². The minimum absolute atomic E-state index is 0.419. The highest BCUT2D eigenvalue weighted by Gasteiger charge is 2.07. The summed E-state index contributed by atoms with van der Waals surface area (Å²) in [6.45, 7) is 4.33. The third kappa shape index (κ3) is 5.54. The maximum Gasteiger partial charge on any atom is 0.411 e. The average molecular weight is 376 g/mol. The summed E-state index contributed by atoms with van der Waals surface area (Å²) in [5.41, 5.74) is 3.34. The van der Waals surface area contributed by atoms with Gasteiger partial charge in [-0.05, 0) is 31.5 Å². The Bertz CT molecular complexity index is 929. The minimum Gasteiger partial charge on any atom is -0.449 e. The van der Waals surface area contributed by atoms with Crippen LogP contribution >= 0.6 is 0 Å². The van der Waals surface area contributed by atoms with Crippen LogP contribution in [0.4, 0.5) is 22.0 Å². The first-order valence-electron chi connectivity index (χ1n) is 9.36. The van der Waals surface area contributed by atoms with Crippen molar-refractivity contribution in [3.05, 3.63) is 66.5 Å². The lowest BCUT2D eigenvalue weighted by molar-refractivity contribution is 0.160. The van der Waals surface area contributed by atoms with Crippen molar-refractivity contribution in [3.8, 4) is 11.3 Å². The van der Waals surface area contributed by atoms with Crippen LogP contribution in [0.1, 0.15) is 25.6 Å². The van der Waals surface area contributed by atoms with E-state index in [1.54, 1.807) is 0 Å². The summed E-state index contributed by atoms with van der Waals surface area (Å²) in [4.78, 5) is 20.8. The first kappa shape index (κ1) is 19.4. The van der Waals surface area contributed by atoms with Crippen molar-refractivity contribution in [2.24, 2.45) is 0 Å². The molecule has 0 saturated carbocycles. The van der Waals surface area contributed by atoms with Gasteiger partial charge in [-0.1, -0.05) is 49.7 Å². The molecule has 0 atom stereocenters. The number of amides is 1. The fraction of sp³-hybridized carbons (Fsp3) is 0.227. The van der Waals surface area contributed by atoms with Gasteiger partial charge in [-0.15, -0.1) is 0 Å². The molecular formula is C22H24N4O2. The quantitative estimate of drug-likeness (QED) is 0.529. The second-order valence-corrected chi connectivity index (χ2v) is 6.37. The van der Waals surface area contributed by atoms with Gasteiger partial charge in [-0.25, -0.2) is 14.8 Å². The molecule has 1 heterocycles. The lowest BCUT2D eigenvalue weighted by Gasteiger charge is -2.11. The molecule has 2 aromatic carbocycles. The zero-order valence-electron chi connectivity index (χ0n) is 16.1. The van der Waals surface area contributed by atoms with Crippen molar-refractivity contribution >= 4 is 23.3 Å². The number of aromatic nitrogens is 2. The molecule has 3 rings (SSSR count). The highest BCUT2D eigenvalue weighted by atomic mass is 16.5. The van der Waals surface area contributed by atoms with E-state index in [4.69, 9.17) is 4.74 Å². The largest absolute Gasteiger partial charge is 0.449 e. The second kappa shape index (κ2) is 9.50. The monoisotopic (exact) mass is 376 g/mol. The molecule has 0 unspecified atom stereocenters. The summed E-state index contributed by atoms with van der Waals surface area (Å²) >= 11 is 0. The van der Waals surface area contributed by atoms with Crippen molar-refractivity contribution < 1.29 is 9.53 Å². The smallest absolute Gasteiger partial charge is 0.411 e. The maximum absolute atomic E-state index is 11.8. The molecule has 0 aliphatic heterocycles. The van der Waals surface area contributed by atoms with Crippen LogP contribution in [0.25, 0.3) is 11.3 Å². The van der Waals surface area contributed by atoms with E-state index in [0.717, 1.165) is 29.8 Å². The van der Waals surface area contributed by atoms with Gasteiger partial charge >= 0.3 is 6.09 Å². The number of hydrogen-bond donors (Lipinski definition) is 2. The van der Waals surface area contributed by atoms with Crippen LogP contribution in [-0.2, 0) is 4.74 Å². The fourth-order valence-corrected chi connectivity index (χ4v) is 2.67. The molecule has 6 heteroatoms. The SMILES string of the molecule is CCCCOC(=O)Nc1cccc(Nc2cc(-c3ccccc3)nc(C)n2)c1. The van der Waals surface area contributed by atoms with E-state index in [1.807, 2.05) is 67.6 Å². The molecule has 3 aromatic rings. The van der Waals surface area contributed by atoms with Crippen LogP contribution in [0.5, 0.6) is 0 Å². The number of anilines is 3. The highest BCUT2D eigenvalue weighted by molar-refractivity contribution is 5.85. The van der Waals surface area contributed by atoms with E-state index < -0.39 is 6.09 Å². The molecule has 0 spiro atoms. The van der Waals surface area contributed by atoms with Crippen LogP contribution in [0.3, 0.4) is 0 Å². The van der Waals surface area contributed by atoms with E-state index in [0.29, 0.717) is 23.9 Å². The number of nitrogens with one attached hydrogen (secondary N) is 2. The number of carbonyl (C=O) groups excluding carboxylic acids is 1. The Kier molecular flexibility index (Phi) is 6.57. The van der Waals surface area contributed by atoms with Gasteiger partial charge in [0.2, 0.25) is 0 Å². The zero-order chi connectivity index (χ0) is 19.8. The third-order valence-corrected chi connectivity index (χ3v) is 4.02. The zero-order valence-corrected chi connectivity index (χ0v) is 16.1. The molecule has 0 radical (unpaired) electrons. The normalized spacial score (nSPS) is 10.4. The molecule has 144 valence electrons. The van der Waals surface area contributed by atoms with Crippen molar-refractivity contribution in [3.63, 3.8) is 0 Å². The number of unbranched alkanes of at least 4 members (excludes halogenated alkanes) is 1. The summed E-state index contributed by atoms with van der Waals surface area (Å²) in [6, 6.07) is 19.3. The Morgan fingerprint density at radius 3 is 2.57 bits per heavy atom. The maximum atomic E-state index is 11.8. The van der Waals surface area contributed by atoms with E-state index in [2.05, 4.69) is 27.5 Å². The summed E-state index contributed by atoms with van der Waals surface area (Å²) < 4.78 is 5.13. The van der Waals surface area contributed by atoms with Gasteiger partial charge in [0.05, 0.1) is 12.3 Å². The minimum atomic E-state index is -0.449. The Hall–Kier alpha value is -3.41. The van der Waals surface area contributed by atoms with Gasteiger partial charge in [-0.3, -0.25) is 5.32 Å². The van der Waals surface area contributed by atoms with Gasteiger partial charge < -0.3 is 10.1 Å². The second-order valence-electron chi connectivity index (χ2n) is 6.37. The van der Waals surface area contributed by atoms with Crippen LogP contribution in [0.2, 0.25) is 0 Å². The molecule has 0 aliphatic carbocycles. The molecule has 6 nitrogen and oxygen atoms in total. The molecule has 1 aromatic heterocycles. The van der Waals surface area contributed by atoms with Crippen molar-refractivity contribution in [2.45, 2.75) is 26.7 Å². The van der Waals surface area contributed by atoms with E-state index in [9.17, 15) is 4.79 Å². The molecule has 0 aliphatic rings. The molecular weight excluding hydrogens is 352 g/mol. The van der Waals surface area contributed by atoms with Crippen LogP contribution in [0.15, 0.2) is 60.7 Å². The Morgan fingerprint density at radius 2 is 1.79 bits per heavy atom. The third-order valence-electron chi connectivity index (χ3n) is 4.02. The number of rotatable bonds is 7. The lowest BCUT2D eigenvalue weighted by atomic mass is 10.1. The lowest BCUT2D eigenvalue weighted by Crippen LogP contribution is -2.14. The Labute approximate surface area is 165 Å². The van der Waals surface area contributed by atoms with Crippen LogP contribution in [0, 0.1) is 6.92 Å². The number of nitrogens with zero attached hydrogens (tertiary/aromatic N) is 2. The van der Waals surface area contributed by atoms with Gasteiger partial charge in [0.15, 0.2) is 0 Å². The van der Waals surface area contributed by atoms with Crippen molar-refractivity contribution in [2.75, 3.05) is 17.2 Å². The summed E-state index contributed by atoms with van der Waals surface area (Å²) in [5.74, 6) is 1.37. The number of aryl methyl sites for hydroxylation is 1. The molecule has 1 amide bonds.